The Morgan fingerprint density at radius 3 is 3.06 bits per heavy atom. The van der Waals surface area contributed by atoms with E-state index < -0.39 is 5.60 Å². The number of aromatic nitrogens is 1. The van der Waals surface area contributed by atoms with Crippen molar-refractivity contribution in [3.05, 3.63) is 22.3 Å². The first-order valence-corrected chi connectivity index (χ1v) is 7.36. The maximum Gasteiger partial charge on any atom is 0.140 e. The molecule has 0 bridgehead atoms. The van der Waals surface area contributed by atoms with Gasteiger partial charge in [-0.15, -0.1) is 0 Å². The number of pyridine rings is 1. The molecule has 1 aromatic heterocycles. The summed E-state index contributed by atoms with van der Waals surface area (Å²) in [4.78, 5) is 4.34. The van der Waals surface area contributed by atoms with Crippen molar-refractivity contribution >= 4 is 21.7 Å². The Hall–Kier alpha value is -0.610. The Balaban J connectivity index is 1.98. The van der Waals surface area contributed by atoms with Crippen LogP contribution in [0.25, 0.3) is 0 Å². The maximum absolute atomic E-state index is 10.5. The van der Waals surface area contributed by atoms with Gasteiger partial charge in [0.05, 0.1) is 10.1 Å². The number of aryl methyl sites for hydroxylation is 1. The van der Waals surface area contributed by atoms with Gasteiger partial charge >= 0.3 is 0 Å². The number of halogens is 1. The minimum Gasteiger partial charge on any atom is -0.388 e. The predicted molar refractivity (Wildman–Crippen MR) is 77.7 cm³/mol. The highest BCUT2D eigenvalue weighted by atomic mass is 79.9. The molecule has 3 nitrogen and oxygen atoms in total. The molecular formula is C14H21BrN2O. The van der Waals surface area contributed by atoms with Crippen LogP contribution in [0, 0.1) is 12.8 Å². The van der Waals surface area contributed by atoms with Crippen molar-refractivity contribution in [3.63, 3.8) is 0 Å². The molecular weight excluding hydrogens is 292 g/mol. The smallest absolute Gasteiger partial charge is 0.140 e. The Morgan fingerprint density at radius 2 is 2.39 bits per heavy atom. The molecule has 0 amide bonds. The van der Waals surface area contributed by atoms with E-state index in [1.54, 1.807) is 0 Å². The first-order chi connectivity index (χ1) is 8.48. The lowest BCUT2D eigenvalue weighted by Gasteiger charge is -2.35. The van der Waals surface area contributed by atoms with Crippen molar-refractivity contribution in [2.45, 2.75) is 45.1 Å². The molecule has 1 aromatic rings. The third-order valence-electron chi connectivity index (χ3n) is 3.63. The zero-order chi connectivity index (χ0) is 13.2. The number of anilines is 1. The number of nitrogens with one attached hydrogen (secondary N) is 1. The molecule has 2 N–H and O–H groups in total. The van der Waals surface area contributed by atoms with Crippen molar-refractivity contribution in [1.82, 2.24) is 4.98 Å². The second-order valence-electron chi connectivity index (χ2n) is 5.62. The fourth-order valence-corrected chi connectivity index (χ4v) is 3.31. The number of hydrogen-bond acceptors (Lipinski definition) is 3. The van der Waals surface area contributed by atoms with Crippen molar-refractivity contribution in [2.75, 3.05) is 11.9 Å². The molecule has 2 rings (SSSR count). The maximum atomic E-state index is 10.5. The summed E-state index contributed by atoms with van der Waals surface area (Å²) in [6.45, 7) is 4.80. The average molecular weight is 313 g/mol. The highest BCUT2D eigenvalue weighted by molar-refractivity contribution is 9.10. The topological polar surface area (TPSA) is 45.2 Å². The Labute approximate surface area is 117 Å². The van der Waals surface area contributed by atoms with Gasteiger partial charge in [-0.3, -0.25) is 0 Å². The van der Waals surface area contributed by atoms with E-state index in [-0.39, 0.29) is 0 Å². The Kier molecular flexibility index (Phi) is 4.28. The second-order valence-corrected chi connectivity index (χ2v) is 6.48. The van der Waals surface area contributed by atoms with Crippen molar-refractivity contribution in [2.24, 2.45) is 5.92 Å². The number of hydrogen-bond donors (Lipinski definition) is 2. The minimum absolute atomic E-state index is 0.575. The van der Waals surface area contributed by atoms with Gasteiger partial charge in [0.2, 0.25) is 0 Å². The van der Waals surface area contributed by atoms with E-state index in [9.17, 15) is 5.11 Å². The van der Waals surface area contributed by atoms with Crippen LogP contribution in [-0.2, 0) is 0 Å². The van der Waals surface area contributed by atoms with Crippen LogP contribution >= 0.6 is 15.9 Å². The summed E-state index contributed by atoms with van der Waals surface area (Å²) >= 11 is 3.49. The lowest BCUT2D eigenvalue weighted by atomic mass is 9.79. The summed E-state index contributed by atoms with van der Waals surface area (Å²) in [5.41, 5.74) is 0.543. The molecule has 1 fully saturated rings. The second kappa shape index (κ2) is 5.57. The SMILES string of the molecule is Cc1cnc(NCC2(O)CCCC(C)C2)c(Br)c1. The standard InChI is InChI=1S/C14H21BrN2O/c1-10-4-3-5-14(18,7-10)9-17-13-12(15)6-11(2)8-16-13/h6,8,10,18H,3-5,7,9H2,1-2H3,(H,16,17). The fraction of sp³-hybridized carbons (Fsp3) is 0.643. The quantitative estimate of drug-likeness (QED) is 0.897. The largest absolute Gasteiger partial charge is 0.388 e. The number of aliphatic hydroxyl groups is 1. The van der Waals surface area contributed by atoms with E-state index in [1.807, 2.05) is 19.2 Å². The summed E-state index contributed by atoms with van der Waals surface area (Å²) in [5, 5.41) is 13.8. The zero-order valence-electron chi connectivity index (χ0n) is 11.0. The Morgan fingerprint density at radius 1 is 1.61 bits per heavy atom. The molecule has 1 aliphatic rings. The molecule has 1 aliphatic carbocycles. The summed E-state index contributed by atoms with van der Waals surface area (Å²) < 4.78 is 0.954. The molecule has 100 valence electrons. The molecule has 1 saturated carbocycles. The van der Waals surface area contributed by atoms with Gasteiger partial charge in [0.25, 0.3) is 0 Å². The van der Waals surface area contributed by atoms with Gasteiger partial charge in [0.1, 0.15) is 5.82 Å². The zero-order valence-corrected chi connectivity index (χ0v) is 12.6. The van der Waals surface area contributed by atoms with E-state index in [4.69, 9.17) is 0 Å². The number of nitrogens with zero attached hydrogens (tertiary/aromatic N) is 1. The van der Waals surface area contributed by atoms with Crippen LogP contribution in [0.4, 0.5) is 5.82 Å². The minimum atomic E-state index is -0.580. The van der Waals surface area contributed by atoms with Gasteiger partial charge in [-0.05, 0) is 53.2 Å². The van der Waals surface area contributed by atoms with Gasteiger partial charge in [0, 0.05) is 12.7 Å². The Bertz CT molecular complexity index is 424. The van der Waals surface area contributed by atoms with Crippen molar-refractivity contribution < 1.29 is 5.11 Å². The van der Waals surface area contributed by atoms with Crippen molar-refractivity contribution in [3.8, 4) is 0 Å². The summed E-state index contributed by atoms with van der Waals surface area (Å²) in [7, 11) is 0. The van der Waals surface area contributed by atoms with E-state index >= 15 is 0 Å². The van der Waals surface area contributed by atoms with Crippen LogP contribution in [0.15, 0.2) is 16.7 Å². The van der Waals surface area contributed by atoms with Crippen LogP contribution in [0.5, 0.6) is 0 Å². The number of rotatable bonds is 3. The summed E-state index contributed by atoms with van der Waals surface area (Å²) in [6.07, 6.45) is 5.94. The van der Waals surface area contributed by atoms with Gasteiger partial charge in [0.15, 0.2) is 0 Å². The van der Waals surface area contributed by atoms with E-state index in [1.165, 1.54) is 6.42 Å². The van der Waals surface area contributed by atoms with Gasteiger partial charge in [-0.2, -0.15) is 0 Å². The molecule has 4 heteroatoms. The van der Waals surface area contributed by atoms with E-state index in [0.29, 0.717) is 12.5 Å². The molecule has 0 aromatic carbocycles. The van der Waals surface area contributed by atoms with E-state index in [0.717, 1.165) is 35.1 Å². The van der Waals surface area contributed by atoms with Crippen LogP contribution in [0.2, 0.25) is 0 Å². The molecule has 2 atom stereocenters. The third kappa shape index (κ3) is 3.45. The summed E-state index contributed by atoms with van der Waals surface area (Å²) in [5.74, 6) is 1.42. The van der Waals surface area contributed by atoms with Gasteiger partial charge in [-0.25, -0.2) is 4.98 Å². The highest BCUT2D eigenvalue weighted by Crippen LogP contribution is 2.32. The lowest BCUT2D eigenvalue weighted by Crippen LogP contribution is -2.41. The van der Waals surface area contributed by atoms with Crippen LogP contribution in [-0.4, -0.2) is 22.2 Å². The first-order valence-electron chi connectivity index (χ1n) is 6.57. The van der Waals surface area contributed by atoms with Crippen LogP contribution in [0.3, 0.4) is 0 Å². The summed E-state index contributed by atoms with van der Waals surface area (Å²) in [6, 6.07) is 2.03. The molecule has 0 radical (unpaired) electrons. The molecule has 0 spiro atoms. The monoisotopic (exact) mass is 312 g/mol. The van der Waals surface area contributed by atoms with Crippen LogP contribution < -0.4 is 5.32 Å². The average Bonchev–Trinajstić information content (AvgIpc) is 2.27. The molecule has 0 saturated heterocycles. The fourth-order valence-electron chi connectivity index (χ4n) is 2.70. The normalized spacial score (nSPS) is 28.1. The van der Waals surface area contributed by atoms with Crippen LogP contribution in [0.1, 0.15) is 38.2 Å². The van der Waals surface area contributed by atoms with Crippen molar-refractivity contribution in [1.29, 1.82) is 0 Å². The molecule has 0 aliphatic heterocycles. The van der Waals surface area contributed by atoms with Gasteiger partial charge in [-0.1, -0.05) is 19.8 Å². The predicted octanol–water partition coefficient (Wildman–Crippen LogP) is 3.51. The lowest BCUT2D eigenvalue weighted by molar-refractivity contribution is -0.000835. The highest BCUT2D eigenvalue weighted by Gasteiger charge is 2.32. The third-order valence-corrected chi connectivity index (χ3v) is 4.23. The molecule has 2 unspecified atom stereocenters. The molecule has 18 heavy (non-hydrogen) atoms. The first kappa shape index (κ1) is 13.8. The van der Waals surface area contributed by atoms with Gasteiger partial charge < -0.3 is 10.4 Å². The van der Waals surface area contributed by atoms with E-state index in [2.05, 4.69) is 33.2 Å². The molecule has 1 heterocycles.